The largest absolute Gasteiger partial charge is 0.344 e. The lowest BCUT2D eigenvalue weighted by molar-refractivity contribution is 0.0934. The molecule has 0 aliphatic rings. The maximum Gasteiger partial charge on any atom is 0.268 e. The van der Waals surface area contributed by atoms with E-state index in [1.807, 2.05) is 40.0 Å². The molecule has 2 N–H and O–H groups in total. The van der Waals surface area contributed by atoms with Crippen molar-refractivity contribution in [2.45, 2.75) is 26.8 Å². The van der Waals surface area contributed by atoms with Crippen molar-refractivity contribution in [3.05, 3.63) is 63.3 Å². The van der Waals surface area contributed by atoms with Gasteiger partial charge in [0.1, 0.15) is 5.69 Å². The summed E-state index contributed by atoms with van der Waals surface area (Å²) in [5.41, 5.74) is 2.88. The van der Waals surface area contributed by atoms with Crippen LogP contribution in [0.1, 0.15) is 40.4 Å². The lowest BCUT2D eigenvalue weighted by Gasteiger charge is -2.15. The molecule has 0 fully saturated rings. The third-order valence-electron chi connectivity index (χ3n) is 4.34. The van der Waals surface area contributed by atoms with Gasteiger partial charge in [-0.05, 0) is 38.3 Å². The Labute approximate surface area is 139 Å². The SMILES string of the molecule is Cc1nn(C)c(C)c1C(C)NC(=O)c1cc2ccccc2c(=O)[nH]1. The Hall–Kier alpha value is -2.89. The minimum absolute atomic E-state index is 0.207. The molecule has 1 amide bonds. The average Bonchev–Trinajstić information content (AvgIpc) is 2.79. The molecule has 0 radical (unpaired) electrons. The molecule has 1 unspecified atom stereocenters. The number of nitrogens with zero attached hydrogens (tertiary/aromatic N) is 2. The first-order valence-electron chi connectivity index (χ1n) is 7.81. The van der Waals surface area contributed by atoms with Crippen molar-refractivity contribution in [1.82, 2.24) is 20.1 Å². The normalized spacial score (nSPS) is 12.3. The quantitative estimate of drug-likeness (QED) is 0.776. The van der Waals surface area contributed by atoms with Crippen molar-refractivity contribution in [2.75, 3.05) is 0 Å². The summed E-state index contributed by atoms with van der Waals surface area (Å²) >= 11 is 0. The van der Waals surface area contributed by atoms with Crippen LogP contribution in [0.2, 0.25) is 0 Å². The van der Waals surface area contributed by atoms with Crippen molar-refractivity contribution >= 4 is 16.7 Å². The molecule has 124 valence electrons. The van der Waals surface area contributed by atoms with E-state index in [0.29, 0.717) is 5.39 Å². The van der Waals surface area contributed by atoms with Crippen LogP contribution in [-0.4, -0.2) is 20.7 Å². The fourth-order valence-corrected chi connectivity index (χ4v) is 3.10. The molecular weight excluding hydrogens is 304 g/mol. The summed E-state index contributed by atoms with van der Waals surface area (Å²) in [6.07, 6.45) is 0. The van der Waals surface area contributed by atoms with Gasteiger partial charge in [0, 0.05) is 23.7 Å². The number of pyridine rings is 1. The fraction of sp³-hybridized carbons (Fsp3) is 0.278. The zero-order valence-electron chi connectivity index (χ0n) is 14.2. The predicted octanol–water partition coefficient (Wildman–Crippen LogP) is 2.37. The number of nitrogens with one attached hydrogen (secondary N) is 2. The second-order valence-corrected chi connectivity index (χ2v) is 6.00. The third kappa shape index (κ3) is 2.71. The maximum absolute atomic E-state index is 12.5. The molecule has 0 saturated carbocycles. The topological polar surface area (TPSA) is 79.8 Å². The minimum Gasteiger partial charge on any atom is -0.344 e. The van der Waals surface area contributed by atoms with Crippen LogP contribution < -0.4 is 10.9 Å². The number of carbonyl (C=O) groups excluding carboxylic acids is 1. The van der Waals surface area contributed by atoms with Crippen LogP contribution >= 0.6 is 0 Å². The first kappa shape index (κ1) is 16.0. The zero-order chi connectivity index (χ0) is 17.4. The lowest BCUT2D eigenvalue weighted by Crippen LogP contribution is -2.29. The van der Waals surface area contributed by atoms with Gasteiger partial charge >= 0.3 is 0 Å². The number of carbonyl (C=O) groups is 1. The van der Waals surface area contributed by atoms with E-state index in [1.54, 1.807) is 22.9 Å². The minimum atomic E-state index is -0.312. The number of fused-ring (bicyclic) bond motifs is 1. The second kappa shape index (κ2) is 5.96. The highest BCUT2D eigenvalue weighted by atomic mass is 16.2. The Balaban J connectivity index is 1.91. The predicted molar refractivity (Wildman–Crippen MR) is 93.1 cm³/mol. The van der Waals surface area contributed by atoms with Crippen molar-refractivity contribution in [1.29, 1.82) is 0 Å². The van der Waals surface area contributed by atoms with Gasteiger partial charge in [-0.25, -0.2) is 0 Å². The summed E-state index contributed by atoms with van der Waals surface area (Å²) in [6, 6.07) is 8.69. The summed E-state index contributed by atoms with van der Waals surface area (Å²) in [4.78, 5) is 27.3. The highest BCUT2D eigenvalue weighted by molar-refractivity contribution is 5.96. The number of amides is 1. The first-order valence-corrected chi connectivity index (χ1v) is 7.81. The highest BCUT2D eigenvalue weighted by Crippen LogP contribution is 2.21. The number of benzene rings is 1. The van der Waals surface area contributed by atoms with Crippen LogP contribution in [0.4, 0.5) is 0 Å². The van der Waals surface area contributed by atoms with Gasteiger partial charge in [0.25, 0.3) is 11.5 Å². The Morgan fingerprint density at radius 3 is 2.67 bits per heavy atom. The van der Waals surface area contributed by atoms with Crippen molar-refractivity contribution in [3.63, 3.8) is 0 Å². The molecule has 0 aliphatic carbocycles. The van der Waals surface area contributed by atoms with Crippen LogP contribution in [0.25, 0.3) is 10.8 Å². The Morgan fingerprint density at radius 1 is 1.29 bits per heavy atom. The third-order valence-corrected chi connectivity index (χ3v) is 4.34. The number of hydrogen-bond acceptors (Lipinski definition) is 3. The molecule has 3 rings (SSSR count). The van der Waals surface area contributed by atoms with E-state index >= 15 is 0 Å². The average molecular weight is 324 g/mol. The van der Waals surface area contributed by atoms with E-state index in [4.69, 9.17) is 0 Å². The molecule has 3 aromatic rings. The number of aromatic nitrogens is 3. The smallest absolute Gasteiger partial charge is 0.268 e. The summed E-state index contributed by atoms with van der Waals surface area (Å²) in [7, 11) is 1.88. The van der Waals surface area contributed by atoms with Crippen LogP contribution in [-0.2, 0) is 7.05 Å². The number of aromatic amines is 1. The van der Waals surface area contributed by atoms with E-state index in [-0.39, 0.29) is 23.2 Å². The van der Waals surface area contributed by atoms with E-state index in [9.17, 15) is 9.59 Å². The van der Waals surface area contributed by atoms with Gasteiger partial charge in [-0.1, -0.05) is 18.2 Å². The van der Waals surface area contributed by atoms with E-state index in [0.717, 1.165) is 22.3 Å². The van der Waals surface area contributed by atoms with Crippen LogP contribution in [0, 0.1) is 13.8 Å². The van der Waals surface area contributed by atoms with E-state index in [2.05, 4.69) is 15.4 Å². The van der Waals surface area contributed by atoms with Crippen molar-refractivity contribution in [3.8, 4) is 0 Å². The molecule has 0 saturated heterocycles. The van der Waals surface area contributed by atoms with Crippen LogP contribution in [0.5, 0.6) is 0 Å². The van der Waals surface area contributed by atoms with E-state index < -0.39 is 0 Å². The number of hydrogen-bond donors (Lipinski definition) is 2. The molecule has 6 heteroatoms. The molecule has 0 spiro atoms. The summed E-state index contributed by atoms with van der Waals surface area (Å²) in [5, 5.41) is 8.63. The molecule has 2 aromatic heterocycles. The van der Waals surface area contributed by atoms with Gasteiger partial charge in [0.15, 0.2) is 0 Å². The number of aryl methyl sites for hydroxylation is 2. The number of H-pyrrole nitrogens is 1. The Kier molecular flexibility index (Phi) is 3.97. The van der Waals surface area contributed by atoms with Gasteiger partial charge < -0.3 is 10.3 Å². The zero-order valence-corrected chi connectivity index (χ0v) is 14.2. The van der Waals surface area contributed by atoms with Crippen LogP contribution in [0.3, 0.4) is 0 Å². The Morgan fingerprint density at radius 2 is 2.00 bits per heavy atom. The van der Waals surface area contributed by atoms with Gasteiger partial charge in [0.05, 0.1) is 11.7 Å². The standard InChI is InChI=1S/C18H20N4O2/c1-10(16-11(2)21-22(4)12(16)3)19-18(24)15-9-13-7-5-6-8-14(13)17(23)20-15/h5-10H,1-4H3,(H,19,24)(H,20,23). The van der Waals surface area contributed by atoms with Crippen molar-refractivity contribution in [2.24, 2.45) is 7.05 Å². The monoisotopic (exact) mass is 324 g/mol. The lowest BCUT2D eigenvalue weighted by atomic mass is 10.1. The molecule has 2 heterocycles. The first-order chi connectivity index (χ1) is 11.4. The fourth-order valence-electron chi connectivity index (χ4n) is 3.10. The van der Waals surface area contributed by atoms with Gasteiger partial charge in [-0.3, -0.25) is 14.3 Å². The maximum atomic E-state index is 12.5. The Bertz CT molecular complexity index is 984. The van der Waals surface area contributed by atoms with Crippen LogP contribution in [0.15, 0.2) is 35.1 Å². The van der Waals surface area contributed by atoms with Gasteiger partial charge in [-0.15, -0.1) is 0 Å². The molecule has 0 bridgehead atoms. The van der Waals surface area contributed by atoms with Crippen molar-refractivity contribution < 1.29 is 4.79 Å². The summed E-state index contributed by atoms with van der Waals surface area (Å²) in [5.74, 6) is -0.312. The highest BCUT2D eigenvalue weighted by Gasteiger charge is 2.19. The van der Waals surface area contributed by atoms with E-state index in [1.165, 1.54) is 0 Å². The molecule has 1 aromatic carbocycles. The molecule has 0 aliphatic heterocycles. The molecular formula is C18H20N4O2. The summed E-state index contributed by atoms with van der Waals surface area (Å²) < 4.78 is 1.80. The molecule has 24 heavy (non-hydrogen) atoms. The number of rotatable bonds is 3. The molecule has 1 atom stereocenters. The second-order valence-electron chi connectivity index (χ2n) is 6.00. The summed E-state index contributed by atoms with van der Waals surface area (Å²) in [6.45, 7) is 5.80. The van der Waals surface area contributed by atoms with Gasteiger partial charge in [-0.2, -0.15) is 5.10 Å². The molecule has 6 nitrogen and oxygen atoms in total. The van der Waals surface area contributed by atoms with Gasteiger partial charge in [0.2, 0.25) is 0 Å².